The molecule has 0 fully saturated rings. The van der Waals surface area contributed by atoms with Crippen molar-refractivity contribution in [2.24, 2.45) is 0 Å². The minimum absolute atomic E-state index is 0.619. The maximum atomic E-state index is 7.02. The first kappa shape index (κ1) is 31.5. The molecule has 6 heteroatoms. The Labute approximate surface area is 325 Å². The molecule has 0 atom stereocenters. The smallest absolute Gasteiger partial charge is 0.164 e. The van der Waals surface area contributed by atoms with Gasteiger partial charge in [0.25, 0.3) is 0 Å². The lowest BCUT2D eigenvalue weighted by Gasteiger charge is -2.10. The largest absolute Gasteiger partial charge is 0.456 e. The molecular formula is C51H30N4O2. The molecule has 0 saturated heterocycles. The highest BCUT2D eigenvalue weighted by atomic mass is 16.3. The van der Waals surface area contributed by atoms with E-state index in [1.54, 1.807) is 0 Å². The highest BCUT2D eigenvalue weighted by Crippen LogP contribution is 2.45. The third-order valence-electron chi connectivity index (χ3n) is 11.0. The standard InChI is InChI=1S/C51H30N4O2/c1-4-13-31(14-5-1)49-52-50(32-15-6-2-7-16-32)54-51(53-49)35-18-12-17-33(29-35)34-23-26-41-40(30-34)45-42(55(41)36-19-8-3-9-20-36)27-24-37-38-25-28-44-46(48(38)57-47(37)45)39-21-10-11-22-43(39)56-44/h1-30H. The van der Waals surface area contributed by atoms with Gasteiger partial charge >= 0.3 is 0 Å². The molecule has 12 aromatic rings. The molecule has 0 aliphatic heterocycles. The van der Waals surface area contributed by atoms with Crippen LogP contribution in [0.3, 0.4) is 0 Å². The van der Waals surface area contributed by atoms with Crippen molar-refractivity contribution in [2.45, 2.75) is 0 Å². The Kier molecular flexibility index (Phi) is 6.83. The summed E-state index contributed by atoms with van der Waals surface area (Å²) in [4.78, 5) is 14.9. The van der Waals surface area contributed by atoms with E-state index in [-0.39, 0.29) is 0 Å². The van der Waals surface area contributed by atoms with Gasteiger partial charge in [-0.05, 0) is 71.8 Å². The van der Waals surface area contributed by atoms with Crippen LogP contribution in [0.1, 0.15) is 0 Å². The molecule has 0 spiro atoms. The Morgan fingerprint density at radius 2 is 0.895 bits per heavy atom. The number of hydrogen-bond acceptors (Lipinski definition) is 5. The topological polar surface area (TPSA) is 69.9 Å². The van der Waals surface area contributed by atoms with Crippen molar-refractivity contribution in [3.05, 3.63) is 182 Å². The Morgan fingerprint density at radius 3 is 1.63 bits per heavy atom. The second kappa shape index (κ2) is 12.3. The molecule has 0 unspecified atom stereocenters. The number of aromatic nitrogens is 4. The predicted octanol–water partition coefficient (Wildman–Crippen LogP) is 13.4. The molecule has 0 radical (unpaired) electrons. The molecule has 12 rings (SSSR count). The first-order chi connectivity index (χ1) is 28.2. The highest BCUT2D eigenvalue weighted by Gasteiger charge is 2.22. The van der Waals surface area contributed by atoms with Gasteiger partial charge in [-0.3, -0.25) is 0 Å². The van der Waals surface area contributed by atoms with Gasteiger partial charge in [-0.1, -0.05) is 121 Å². The fourth-order valence-corrected chi connectivity index (χ4v) is 8.41. The molecule has 0 aliphatic rings. The summed E-state index contributed by atoms with van der Waals surface area (Å²) >= 11 is 0. The first-order valence-electron chi connectivity index (χ1n) is 19.0. The minimum Gasteiger partial charge on any atom is -0.456 e. The van der Waals surface area contributed by atoms with Crippen LogP contribution in [0.15, 0.2) is 191 Å². The number of nitrogens with zero attached hydrogens (tertiary/aromatic N) is 4. The Morgan fingerprint density at radius 1 is 0.333 bits per heavy atom. The van der Waals surface area contributed by atoms with Crippen LogP contribution in [0, 0.1) is 0 Å². The molecule has 4 heterocycles. The Hall–Kier alpha value is -7.83. The van der Waals surface area contributed by atoms with E-state index >= 15 is 0 Å². The van der Waals surface area contributed by atoms with Crippen molar-refractivity contribution in [1.82, 2.24) is 19.5 Å². The number of rotatable bonds is 5. The van der Waals surface area contributed by atoms with Crippen molar-refractivity contribution >= 4 is 65.7 Å². The average Bonchev–Trinajstić information content (AvgIpc) is 3.96. The monoisotopic (exact) mass is 730 g/mol. The predicted molar refractivity (Wildman–Crippen MR) is 230 cm³/mol. The van der Waals surface area contributed by atoms with E-state index in [2.05, 4.69) is 108 Å². The third-order valence-corrected chi connectivity index (χ3v) is 11.0. The molecule has 0 aliphatic carbocycles. The van der Waals surface area contributed by atoms with Gasteiger partial charge in [0.1, 0.15) is 22.3 Å². The summed E-state index contributed by atoms with van der Waals surface area (Å²) in [6, 6.07) is 62.7. The second-order valence-corrected chi connectivity index (χ2v) is 14.4. The lowest BCUT2D eigenvalue weighted by Crippen LogP contribution is -2.00. The van der Waals surface area contributed by atoms with Gasteiger partial charge in [0.2, 0.25) is 0 Å². The molecule has 0 amide bonds. The molecule has 8 aromatic carbocycles. The van der Waals surface area contributed by atoms with Crippen LogP contribution >= 0.6 is 0 Å². The Balaban J connectivity index is 1.08. The summed E-state index contributed by atoms with van der Waals surface area (Å²) in [5, 5.41) is 6.36. The van der Waals surface area contributed by atoms with Gasteiger partial charge in [0.15, 0.2) is 17.5 Å². The van der Waals surface area contributed by atoms with E-state index in [0.717, 1.165) is 99.2 Å². The molecule has 6 nitrogen and oxygen atoms in total. The van der Waals surface area contributed by atoms with Gasteiger partial charge in [-0.2, -0.15) is 0 Å². The second-order valence-electron chi connectivity index (χ2n) is 14.4. The zero-order chi connectivity index (χ0) is 37.5. The van der Waals surface area contributed by atoms with Crippen molar-refractivity contribution < 1.29 is 8.83 Å². The quantitative estimate of drug-likeness (QED) is 0.176. The van der Waals surface area contributed by atoms with Crippen LogP contribution in [0.4, 0.5) is 0 Å². The molecule has 0 bridgehead atoms. The molecule has 266 valence electrons. The molecule has 0 N–H and O–H groups in total. The lowest BCUT2D eigenvalue weighted by molar-refractivity contribution is 0.664. The fourth-order valence-electron chi connectivity index (χ4n) is 8.41. The van der Waals surface area contributed by atoms with Crippen molar-refractivity contribution in [3.63, 3.8) is 0 Å². The van der Waals surface area contributed by atoms with Crippen molar-refractivity contribution in [1.29, 1.82) is 0 Å². The number of fused-ring (bicyclic) bond motifs is 11. The van der Waals surface area contributed by atoms with Gasteiger partial charge in [0, 0.05) is 43.9 Å². The number of para-hydroxylation sites is 2. The van der Waals surface area contributed by atoms with Crippen molar-refractivity contribution in [3.8, 4) is 51.0 Å². The maximum absolute atomic E-state index is 7.02. The summed E-state index contributed by atoms with van der Waals surface area (Å²) in [5.74, 6) is 1.89. The van der Waals surface area contributed by atoms with Crippen LogP contribution in [0.2, 0.25) is 0 Å². The van der Waals surface area contributed by atoms with Crippen LogP contribution in [-0.4, -0.2) is 19.5 Å². The van der Waals surface area contributed by atoms with Gasteiger partial charge in [-0.25, -0.2) is 15.0 Å². The van der Waals surface area contributed by atoms with Gasteiger partial charge < -0.3 is 13.4 Å². The summed E-state index contributed by atoms with van der Waals surface area (Å²) in [6.07, 6.45) is 0. The maximum Gasteiger partial charge on any atom is 0.164 e. The lowest BCUT2D eigenvalue weighted by atomic mass is 10.00. The zero-order valence-corrected chi connectivity index (χ0v) is 30.4. The van der Waals surface area contributed by atoms with Crippen LogP contribution in [-0.2, 0) is 0 Å². The van der Waals surface area contributed by atoms with E-state index in [9.17, 15) is 0 Å². The summed E-state index contributed by atoms with van der Waals surface area (Å²) in [6.45, 7) is 0. The SMILES string of the molecule is c1ccc(-c2nc(-c3ccccc3)nc(-c3cccc(-c4ccc5c(c4)c4c6oc7c(ccc8oc9ccccc9c87)c6ccc4n5-c4ccccc4)c3)n2)cc1. The highest BCUT2D eigenvalue weighted by molar-refractivity contribution is 6.28. The van der Waals surface area contributed by atoms with Gasteiger partial charge in [0.05, 0.1) is 21.8 Å². The molecule has 57 heavy (non-hydrogen) atoms. The van der Waals surface area contributed by atoms with E-state index in [1.807, 2.05) is 78.9 Å². The van der Waals surface area contributed by atoms with Crippen LogP contribution < -0.4 is 0 Å². The average molecular weight is 731 g/mol. The van der Waals surface area contributed by atoms with E-state index in [0.29, 0.717) is 17.5 Å². The fraction of sp³-hybridized carbons (Fsp3) is 0. The first-order valence-corrected chi connectivity index (χ1v) is 19.0. The number of hydrogen-bond donors (Lipinski definition) is 0. The summed E-state index contributed by atoms with van der Waals surface area (Å²) < 4.78 is 15.6. The third kappa shape index (κ3) is 4.94. The van der Waals surface area contributed by atoms with E-state index < -0.39 is 0 Å². The minimum atomic E-state index is 0.619. The normalized spacial score (nSPS) is 11.9. The summed E-state index contributed by atoms with van der Waals surface area (Å²) in [5.41, 5.74) is 11.5. The van der Waals surface area contributed by atoms with Crippen LogP contribution in [0.25, 0.3) is 117 Å². The Bertz CT molecular complexity index is 3450. The van der Waals surface area contributed by atoms with Crippen LogP contribution in [0.5, 0.6) is 0 Å². The zero-order valence-electron chi connectivity index (χ0n) is 30.4. The van der Waals surface area contributed by atoms with E-state index in [1.165, 1.54) is 0 Å². The molecule has 4 aromatic heterocycles. The van der Waals surface area contributed by atoms with E-state index in [4.69, 9.17) is 23.8 Å². The number of furan rings is 2. The number of benzene rings is 8. The molecule has 0 saturated carbocycles. The summed E-state index contributed by atoms with van der Waals surface area (Å²) in [7, 11) is 0. The van der Waals surface area contributed by atoms with Gasteiger partial charge in [-0.15, -0.1) is 0 Å². The molecular weight excluding hydrogens is 701 g/mol. The van der Waals surface area contributed by atoms with Crippen molar-refractivity contribution in [2.75, 3.05) is 0 Å².